The molecule has 6 N–H and O–H groups in total. The number of aromatic nitrogens is 2. The Kier molecular flexibility index (Phi) is 26.7. The SMILES string of the molecule is Cl.Cl.N.N.[O-]c1ncc(F)c([O-])n1.[Pt+2]. The van der Waals surface area contributed by atoms with Crippen molar-refractivity contribution in [3.63, 3.8) is 0 Å². The van der Waals surface area contributed by atoms with Crippen LogP contribution in [0.25, 0.3) is 0 Å². The van der Waals surface area contributed by atoms with Crippen molar-refractivity contribution in [3.05, 3.63) is 12.0 Å². The summed E-state index contributed by atoms with van der Waals surface area (Å²) in [6.07, 6.45) is 0.553. The van der Waals surface area contributed by atoms with Gasteiger partial charge < -0.3 is 22.5 Å². The normalized spacial score (nSPS) is 6.07. The van der Waals surface area contributed by atoms with Gasteiger partial charge in [-0.05, 0) is 0 Å². The van der Waals surface area contributed by atoms with Crippen LogP contribution in [0.2, 0.25) is 0 Å². The molecule has 1 rings (SSSR count). The first-order valence-corrected chi connectivity index (χ1v) is 2.06. The molecule has 1 aromatic rings. The van der Waals surface area contributed by atoms with Crippen LogP contribution >= 0.6 is 24.8 Å². The van der Waals surface area contributed by atoms with Crippen LogP contribution in [0.5, 0.6) is 11.9 Å². The maximum atomic E-state index is 11.9. The maximum Gasteiger partial charge on any atom is 2.00 e. The molecule has 0 spiro atoms. The summed E-state index contributed by atoms with van der Waals surface area (Å²) in [6, 6.07) is -0.957. The average Bonchev–Trinajstić information content (AvgIpc) is 1.80. The molecule has 0 radical (unpaired) electrons. The third-order valence-electron chi connectivity index (χ3n) is 0.690. The summed E-state index contributed by atoms with van der Waals surface area (Å²) < 4.78 is 11.9. The van der Waals surface area contributed by atoms with Crippen LogP contribution in [0.4, 0.5) is 4.39 Å². The van der Waals surface area contributed by atoms with Crippen molar-refractivity contribution in [1.29, 1.82) is 0 Å². The van der Waals surface area contributed by atoms with Gasteiger partial charge in [0, 0.05) is 5.88 Å². The van der Waals surface area contributed by atoms with Crippen LogP contribution in [0.3, 0.4) is 0 Å². The Morgan fingerprint density at radius 3 is 1.86 bits per heavy atom. The summed E-state index contributed by atoms with van der Waals surface area (Å²) in [4.78, 5) is 5.57. The van der Waals surface area contributed by atoms with E-state index in [0.717, 1.165) is 0 Å². The molecule has 0 aromatic carbocycles. The number of hydrogen-bond acceptors (Lipinski definition) is 6. The first-order valence-electron chi connectivity index (χ1n) is 2.06. The number of hydrogen-bond donors (Lipinski definition) is 2. The zero-order valence-corrected chi connectivity index (χ0v) is 10.6. The van der Waals surface area contributed by atoms with E-state index in [2.05, 4.69) is 9.97 Å². The van der Waals surface area contributed by atoms with Crippen LogP contribution < -0.4 is 22.5 Å². The van der Waals surface area contributed by atoms with Gasteiger partial charge >= 0.3 is 21.1 Å². The smallest absolute Gasteiger partial charge is 0.857 e. The summed E-state index contributed by atoms with van der Waals surface area (Å²) in [5.41, 5.74) is 0. The minimum atomic E-state index is -1.16. The second-order valence-corrected chi connectivity index (χ2v) is 1.31. The van der Waals surface area contributed by atoms with Gasteiger partial charge in [0.1, 0.15) is 0 Å². The van der Waals surface area contributed by atoms with Gasteiger partial charge in [-0.3, -0.25) is 4.98 Å². The Hall–Kier alpha value is -0.202. The first kappa shape index (κ1) is 29.2. The Bertz CT molecular complexity index is 245. The minimum absolute atomic E-state index is 0. The predicted molar refractivity (Wildman–Crippen MR) is 45.4 cm³/mol. The minimum Gasteiger partial charge on any atom is -0.857 e. The van der Waals surface area contributed by atoms with Crippen molar-refractivity contribution in [2.24, 2.45) is 0 Å². The first-order chi connectivity index (χ1) is 4.20. The molecular weight excluding hydrogens is 421 g/mol. The molecule has 0 saturated heterocycles. The zero-order chi connectivity index (χ0) is 6.85. The Morgan fingerprint density at radius 2 is 1.57 bits per heavy atom. The maximum absolute atomic E-state index is 11.9. The van der Waals surface area contributed by atoms with Gasteiger partial charge in [0.05, 0.1) is 12.2 Å². The Labute approximate surface area is 107 Å². The van der Waals surface area contributed by atoms with Crippen LogP contribution in [0.1, 0.15) is 0 Å². The van der Waals surface area contributed by atoms with Crippen molar-refractivity contribution >= 4 is 24.8 Å². The number of nitrogens with zero attached hydrogens (tertiary/aromatic N) is 2. The molecule has 0 amide bonds. The van der Waals surface area contributed by atoms with Crippen LogP contribution in [-0.4, -0.2) is 9.97 Å². The fraction of sp³-hybridized carbons (Fsp3) is 0. The molecule has 1 aromatic heterocycles. The van der Waals surface area contributed by atoms with E-state index in [-0.39, 0.29) is 58.2 Å². The second-order valence-electron chi connectivity index (χ2n) is 1.31. The summed E-state index contributed by atoms with van der Waals surface area (Å²) in [6.45, 7) is 0. The van der Waals surface area contributed by atoms with Gasteiger partial charge in [0.25, 0.3) is 0 Å². The Balaban J connectivity index is -0.0000000540. The van der Waals surface area contributed by atoms with Crippen LogP contribution in [0.15, 0.2) is 6.20 Å². The number of halogens is 3. The van der Waals surface area contributed by atoms with Gasteiger partial charge in [-0.2, -0.15) is 0 Å². The van der Waals surface area contributed by atoms with E-state index in [1.54, 1.807) is 0 Å². The van der Waals surface area contributed by atoms with Gasteiger partial charge in [-0.15, -0.1) is 24.8 Å². The molecule has 0 aliphatic rings. The second kappa shape index (κ2) is 12.8. The average molecular weight is 430 g/mol. The van der Waals surface area contributed by atoms with Crippen LogP contribution in [-0.2, 0) is 21.1 Å². The third kappa shape index (κ3) is 8.40. The molecular formula is C4H9Cl2FN4O2Pt. The monoisotopic (exact) mass is 429 g/mol. The van der Waals surface area contributed by atoms with E-state index >= 15 is 0 Å². The summed E-state index contributed by atoms with van der Waals surface area (Å²) >= 11 is 0. The van der Waals surface area contributed by atoms with E-state index in [1.165, 1.54) is 0 Å². The van der Waals surface area contributed by atoms with Crippen molar-refractivity contribution in [3.8, 4) is 11.9 Å². The molecule has 0 bridgehead atoms. The summed E-state index contributed by atoms with van der Waals surface area (Å²) in [5.74, 6) is -2.26. The quantitative estimate of drug-likeness (QED) is 0.590. The molecule has 0 saturated carbocycles. The summed E-state index contributed by atoms with van der Waals surface area (Å²) in [7, 11) is 0. The van der Waals surface area contributed by atoms with E-state index in [9.17, 15) is 14.6 Å². The molecule has 0 aliphatic carbocycles. The molecule has 0 atom stereocenters. The fourth-order valence-electron chi connectivity index (χ4n) is 0.336. The van der Waals surface area contributed by atoms with Gasteiger partial charge in [-0.1, -0.05) is 0 Å². The Morgan fingerprint density at radius 1 is 1.14 bits per heavy atom. The predicted octanol–water partition coefficient (Wildman–Crippen LogP) is -0.0720. The van der Waals surface area contributed by atoms with Crippen molar-refractivity contribution in [1.82, 2.24) is 22.3 Å². The van der Waals surface area contributed by atoms with Crippen molar-refractivity contribution < 1.29 is 35.7 Å². The third-order valence-corrected chi connectivity index (χ3v) is 0.690. The van der Waals surface area contributed by atoms with Crippen molar-refractivity contribution in [2.45, 2.75) is 0 Å². The molecule has 88 valence electrons. The summed E-state index contributed by atoms with van der Waals surface area (Å²) in [5, 5.41) is 20.2. The van der Waals surface area contributed by atoms with Gasteiger partial charge in [0.15, 0.2) is 5.82 Å². The standard InChI is InChI=1S/C4H3FN2O2.2ClH.2H3N.Pt/c5-2-1-6-4(9)7-3(2)8;;;;;/h1H,(H2,6,7,8,9);2*1H;2*1H3;/q;;;;;+2/p-2. The number of rotatable bonds is 0. The van der Waals surface area contributed by atoms with E-state index in [4.69, 9.17) is 0 Å². The molecule has 0 unspecified atom stereocenters. The van der Waals surface area contributed by atoms with E-state index in [1.807, 2.05) is 0 Å². The van der Waals surface area contributed by atoms with E-state index < -0.39 is 17.7 Å². The molecule has 6 nitrogen and oxygen atoms in total. The molecule has 10 heteroatoms. The topological polar surface area (TPSA) is 142 Å². The van der Waals surface area contributed by atoms with Crippen LogP contribution in [0, 0.1) is 5.82 Å². The molecule has 0 aliphatic heterocycles. The molecule has 14 heavy (non-hydrogen) atoms. The largest absolute Gasteiger partial charge is 2.00 e. The molecule has 0 fully saturated rings. The van der Waals surface area contributed by atoms with Gasteiger partial charge in [0.2, 0.25) is 0 Å². The zero-order valence-electron chi connectivity index (χ0n) is 6.71. The van der Waals surface area contributed by atoms with E-state index in [0.29, 0.717) is 6.20 Å². The molecule has 1 heterocycles. The fourth-order valence-corrected chi connectivity index (χ4v) is 0.336. The van der Waals surface area contributed by atoms with Gasteiger partial charge in [-0.25, -0.2) is 9.37 Å². The van der Waals surface area contributed by atoms with Crippen molar-refractivity contribution in [2.75, 3.05) is 0 Å².